The molecule has 0 aromatic rings. The topological polar surface area (TPSA) is 67.4 Å². The van der Waals surface area contributed by atoms with Gasteiger partial charge in [-0.1, -0.05) is 19.8 Å². The fourth-order valence-corrected chi connectivity index (χ4v) is 1.22. The van der Waals surface area contributed by atoms with Gasteiger partial charge < -0.3 is 15.4 Å². The lowest BCUT2D eigenvalue weighted by atomic mass is 10.1. The quantitative estimate of drug-likeness (QED) is 0.650. The van der Waals surface area contributed by atoms with E-state index in [4.69, 9.17) is 0 Å². The minimum absolute atomic E-state index is 0.0832. The molecule has 0 saturated carbocycles. The Labute approximate surface area is 96.9 Å². The summed E-state index contributed by atoms with van der Waals surface area (Å²) in [5, 5.41) is 5.20. The highest BCUT2D eigenvalue weighted by atomic mass is 16.5. The number of esters is 1. The first-order chi connectivity index (χ1) is 7.60. The average molecular weight is 230 g/mol. The molecule has 1 unspecified atom stereocenters. The highest BCUT2D eigenvalue weighted by molar-refractivity contribution is 5.80. The molecule has 0 saturated heterocycles. The second-order valence-corrected chi connectivity index (χ2v) is 3.68. The molecule has 2 N–H and O–H groups in total. The fraction of sp³-hybridized carbons (Fsp3) is 0.818. The minimum Gasteiger partial charge on any atom is -0.465 e. The Kier molecular flexibility index (Phi) is 8.29. The maximum Gasteiger partial charge on any atom is 0.325 e. The number of hydrogen-bond acceptors (Lipinski definition) is 3. The van der Waals surface area contributed by atoms with E-state index in [-0.39, 0.29) is 18.6 Å². The molecular weight excluding hydrogens is 208 g/mol. The molecule has 0 aromatic carbocycles. The van der Waals surface area contributed by atoms with Gasteiger partial charge in [0.25, 0.3) is 0 Å². The molecule has 0 spiro atoms. The summed E-state index contributed by atoms with van der Waals surface area (Å²) in [4.78, 5) is 22.2. The number of nitrogens with one attached hydrogen (secondary N) is 2. The molecule has 0 aliphatic carbocycles. The highest BCUT2D eigenvalue weighted by Gasteiger charge is 2.08. The summed E-state index contributed by atoms with van der Waals surface area (Å²) < 4.78 is 4.68. The van der Waals surface area contributed by atoms with Crippen molar-refractivity contribution < 1.29 is 14.3 Å². The molecule has 5 nitrogen and oxygen atoms in total. The standard InChI is InChI=1S/C11H22N2O3/c1-4-6-7-9(3)13-11(15)12-8-10(14)16-5-2/h9H,4-8H2,1-3H3,(H2,12,13,15). The molecule has 0 aliphatic rings. The van der Waals surface area contributed by atoms with Gasteiger partial charge in [0, 0.05) is 6.04 Å². The molecule has 0 rings (SSSR count). The van der Waals surface area contributed by atoms with Crippen molar-refractivity contribution in [2.45, 2.75) is 46.1 Å². The zero-order chi connectivity index (χ0) is 12.4. The van der Waals surface area contributed by atoms with E-state index in [2.05, 4.69) is 22.3 Å². The fourth-order valence-electron chi connectivity index (χ4n) is 1.22. The van der Waals surface area contributed by atoms with Crippen LogP contribution in [0.1, 0.15) is 40.0 Å². The van der Waals surface area contributed by atoms with E-state index in [9.17, 15) is 9.59 Å². The number of rotatable bonds is 7. The Hall–Kier alpha value is -1.26. The van der Waals surface area contributed by atoms with Crippen molar-refractivity contribution >= 4 is 12.0 Å². The van der Waals surface area contributed by atoms with Crippen molar-refractivity contribution in [2.75, 3.05) is 13.2 Å². The first kappa shape index (κ1) is 14.7. The van der Waals surface area contributed by atoms with E-state index in [1.165, 1.54) is 0 Å². The average Bonchev–Trinajstić information content (AvgIpc) is 2.24. The third kappa shape index (κ3) is 8.08. The Morgan fingerprint density at radius 2 is 2.00 bits per heavy atom. The van der Waals surface area contributed by atoms with Crippen molar-refractivity contribution in [3.8, 4) is 0 Å². The van der Waals surface area contributed by atoms with E-state index in [1.54, 1.807) is 6.92 Å². The molecule has 2 amide bonds. The van der Waals surface area contributed by atoms with Crippen molar-refractivity contribution in [3.63, 3.8) is 0 Å². The maximum absolute atomic E-state index is 11.3. The van der Waals surface area contributed by atoms with Crippen LogP contribution in [0.3, 0.4) is 0 Å². The monoisotopic (exact) mass is 230 g/mol. The zero-order valence-electron chi connectivity index (χ0n) is 10.3. The predicted octanol–water partition coefficient (Wildman–Crippen LogP) is 1.43. The maximum atomic E-state index is 11.3. The van der Waals surface area contributed by atoms with Crippen molar-refractivity contribution in [2.24, 2.45) is 0 Å². The number of carbonyl (C=O) groups excluding carboxylic acids is 2. The largest absolute Gasteiger partial charge is 0.465 e. The summed E-state index contributed by atoms with van der Waals surface area (Å²) in [5.41, 5.74) is 0. The molecule has 94 valence electrons. The van der Waals surface area contributed by atoms with Crippen LogP contribution in [0.2, 0.25) is 0 Å². The summed E-state index contributed by atoms with van der Waals surface area (Å²) in [5.74, 6) is -0.418. The second kappa shape index (κ2) is 9.00. The number of hydrogen-bond donors (Lipinski definition) is 2. The third-order valence-electron chi connectivity index (χ3n) is 2.07. The zero-order valence-corrected chi connectivity index (χ0v) is 10.3. The van der Waals surface area contributed by atoms with Crippen molar-refractivity contribution in [3.05, 3.63) is 0 Å². The van der Waals surface area contributed by atoms with E-state index >= 15 is 0 Å². The molecule has 1 atom stereocenters. The summed E-state index contributed by atoms with van der Waals surface area (Å²) in [6, 6.07) is -0.196. The Morgan fingerprint density at radius 3 is 2.56 bits per heavy atom. The van der Waals surface area contributed by atoms with Crippen LogP contribution in [0.5, 0.6) is 0 Å². The Balaban J connectivity index is 3.61. The number of carbonyl (C=O) groups is 2. The molecule has 0 radical (unpaired) electrons. The van der Waals surface area contributed by atoms with Gasteiger partial charge in [-0.15, -0.1) is 0 Å². The first-order valence-electron chi connectivity index (χ1n) is 5.80. The van der Waals surface area contributed by atoms with Crippen molar-refractivity contribution in [1.82, 2.24) is 10.6 Å². The predicted molar refractivity (Wildman–Crippen MR) is 62.2 cm³/mol. The van der Waals surface area contributed by atoms with Crippen LogP contribution in [0, 0.1) is 0 Å². The Morgan fingerprint density at radius 1 is 1.31 bits per heavy atom. The lowest BCUT2D eigenvalue weighted by Gasteiger charge is -2.13. The molecule has 0 fully saturated rings. The van der Waals surface area contributed by atoms with Gasteiger partial charge >= 0.3 is 12.0 Å². The van der Waals surface area contributed by atoms with Gasteiger partial charge in [0.1, 0.15) is 6.54 Å². The third-order valence-corrected chi connectivity index (χ3v) is 2.07. The smallest absolute Gasteiger partial charge is 0.325 e. The van der Waals surface area contributed by atoms with Crippen molar-refractivity contribution in [1.29, 1.82) is 0 Å². The molecule has 0 aliphatic heterocycles. The van der Waals surface area contributed by atoms with Gasteiger partial charge in [0.15, 0.2) is 0 Å². The van der Waals surface area contributed by atoms with E-state index in [0.29, 0.717) is 6.61 Å². The normalized spacial score (nSPS) is 11.7. The van der Waals surface area contributed by atoms with Crippen LogP contribution in [-0.2, 0) is 9.53 Å². The minimum atomic E-state index is -0.418. The lowest BCUT2D eigenvalue weighted by Crippen LogP contribution is -2.43. The number of ether oxygens (including phenoxy) is 1. The molecule has 5 heteroatoms. The van der Waals surface area contributed by atoms with Crippen LogP contribution in [0.15, 0.2) is 0 Å². The van der Waals surface area contributed by atoms with E-state index in [1.807, 2.05) is 6.92 Å². The molecular formula is C11H22N2O3. The number of urea groups is 1. The summed E-state index contributed by atoms with van der Waals surface area (Å²) in [7, 11) is 0. The van der Waals surface area contributed by atoms with Crippen LogP contribution in [0.25, 0.3) is 0 Å². The second-order valence-electron chi connectivity index (χ2n) is 3.68. The SMILES string of the molecule is CCCCC(C)NC(=O)NCC(=O)OCC. The molecule has 16 heavy (non-hydrogen) atoms. The van der Waals surface area contributed by atoms with Crippen LogP contribution < -0.4 is 10.6 Å². The van der Waals surface area contributed by atoms with Gasteiger partial charge in [-0.05, 0) is 20.3 Å². The van der Waals surface area contributed by atoms with E-state index in [0.717, 1.165) is 19.3 Å². The molecule has 0 aromatic heterocycles. The summed E-state index contributed by atoms with van der Waals surface area (Å²) in [6.45, 7) is 6.02. The molecule has 0 bridgehead atoms. The van der Waals surface area contributed by atoms with Gasteiger partial charge in [-0.25, -0.2) is 4.79 Å². The highest BCUT2D eigenvalue weighted by Crippen LogP contribution is 1.98. The lowest BCUT2D eigenvalue weighted by molar-refractivity contribution is -0.141. The summed E-state index contributed by atoms with van der Waals surface area (Å²) >= 11 is 0. The Bertz CT molecular complexity index is 219. The first-order valence-corrected chi connectivity index (χ1v) is 5.80. The van der Waals surface area contributed by atoms with Gasteiger partial charge in [-0.3, -0.25) is 4.79 Å². The van der Waals surface area contributed by atoms with Crippen LogP contribution in [0.4, 0.5) is 4.79 Å². The van der Waals surface area contributed by atoms with Gasteiger partial charge in [0.2, 0.25) is 0 Å². The number of amides is 2. The van der Waals surface area contributed by atoms with E-state index < -0.39 is 5.97 Å². The molecule has 0 heterocycles. The van der Waals surface area contributed by atoms with Crippen LogP contribution in [-0.4, -0.2) is 31.2 Å². The van der Waals surface area contributed by atoms with Crippen LogP contribution >= 0.6 is 0 Å². The summed E-state index contributed by atoms with van der Waals surface area (Å²) in [6.07, 6.45) is 3.14. The van der Waals surface area contributed by atoms with Gasteiger partial charge in [-0.2, -0.15) is 0 Å². The number of unbranched alkanes of at least 4 members (excludes halogenated alkanes) is 1. The van der Waals surface area contributed by atoms with Gasteiger partial charge in [0.05, 0.1) is 6.61 Å².